The van der Waals surface area contributed by atoms with Gasteiger partial charge in [0.15, 0.2) is 0 Å². The molecule has 2 rings (SSSR count). The molecule has 0 spiro atoms. The fourth-order valence-electron chi connectivity index (χ4n) is 2.07. The normalized spacial score (nSPS) is 10.2. The first-order chi connectivity index (χ1) is 11.0. The van der Waals surface area contributed by atoms with Crippen LogP contribution in [0.15, 0.2) is 40.9 Å². The third-order valence-corrected chi connectivity index (χ3v) is 4.09. The number of hydrogen-bond donors (Lipinski definition) is 0. The molecule has 0 aliphatic carbocycles. The Bertz CT molecular complexity index is 746. The lowest BCUT2D eigenvalue weighted by Crippen LogP contribution is -2.10. The standard InChI is InChI=1S/C16H14BrNO5/c1-10-12(17)8-13(18(20)21)15(14(10)16(19)22-2)23-9-11-6-4-3-5-7-11/h3-8H,9H2,1-2H3. The predicted octanol–water partition coefficient (Wildman–Crippen LogP) is 4.03. The number of methoxy groups -OCH3 is 1. The molecule has 0 N–H and O–H groups in total. The highest BCUT2D eigenvalue weighted by molar-refractivity contribution is 9.10. The zero-order valence-electron chi connectivity index (χ0n) is 12.5. The molecule has 0 unspecified atom stereocenters. The first-order valence-corrected chi connectivity index (χ1v) is 7.47. The quantitative estimate of drug-likeness (QED) is 0.445. The van der Waals surface area contributed by atoms with Gasteiger partial charge in [0, 0.05) is 10.5 Å². The highest BCUT2D eigenvalue weighted by Gasteiger charge is 2.28. The maximum Gasteiger partial charge on any atom is 0.342 e. The van der Waals surface area contributed by atoms with Gasteiger partial charge in [-0.1, -0.05) is 46.3 Å². The van der Waals surface area contributed by atoms with E-state index < -0.39 is 10.9 Å². The zero-order chi connectivity index (χ0) is 17.0. The van der Waals surface area contributed by atoms with E-state index in [0.717, 1.165) is 5.56 Å². The maximum atomic E-state index is 12.0. The average Bonchev–Trinajstić information content (AvgIpc) is 2.55. The molecule has 7 heteroatoms. The lowest BCUT2D eigenvalue weighted by molar-refractivity contribution is -0.386. The minimum atomic E-state index is -0.685. The number of ether oxygens (including phenoxy) is 2. The monoisotopic (exact) mass is 379 g/mol. The molecule has 0 fully saturated rings. The van der Waals surface area contributed by atoms with E-state index in [0.29, 0.717) is 10.0 Å². The smallest absolute Gasteiger partial charge is 0.342 e. The first kappa shape index (κ1) is 17.0. The average molecular weight is 380 g/mol. The SMILES string of the molecule is COC(=O)c1c(C)c(Br)cc([N+](=O)[O-])c1OCc1ccccc1. The Balaban J connectivity index is 2.51. The Kier molecular flexibility index (Phi) is 5.33. The van der Waals surface area contributed by atoms with Crippen LogP contribution in [0.5, 0.6) is 5.75 Å². The van der Waals surface area contributed by atoms with Gasteiger partial charge >= 0.3 is 11.7 Å². The van der Waals surface area contributed by atoms with Crippen LogP contribution in [0.1, 0.15) is 21.5 Å². The molecular weight excluding hydrogens is 366 g/mol. The summed E-state index contributed by atoms with van der Waals surface area (Å²) in [4.78, 5) is 22.8. The number of benzene rings is 2. The molecule has 23 heavy (non-hydrogen) atoms. The van der Waals surface area contributed by atoms with Crippen molar-refractivity contribution in [3.63, 3.8) is 0 Å². The van der Waals surface area contributed by atoms with Crippen LogP contribution in [0.25, 0.3) is 0 Å². The van der Waals surface area contributed by atoms with Crippen LogP contribution in [0, 0.1) is 17.0 Å². The second-order valence-electron chi connectivity index (χ2n) is 4.73. The molecule has 0 saturated carbocycles. The molecule has 6 nitrogen and oxygen atoms in total. The van der Waals surface area contributed by atoms with Crippen molar-refractivity contribution in [2.75, 3.05) is 7.11 Å². The highest BCUT2D eigenvalue weighted by Crippen LogP contribution is 2.38. The van der Waals surface area contributed by atoms with Gasteiger partial charge in [-0.05, 0) is 18.1 Å². The van der Waals surface area contributed by atoms with Gasteiger partial charge in [0.05, 0.1) is 12.0 Å². The Morgan fingerprint density at radius 1 is 1.30 bits per heavy atom. The second kappa shape index (κ2) is 7.23. The van der Waals surface area contributed by atoms with Crippen molar-refractivity contribution in [3.05, 3.63) is 67.7 Å². The molecule has 0 saturated heterocycles. The van der Waals surface area contributed by atoms with E-state index in [2.05, 4.69) is 15.9 Å². The second-order valence-corrected chi connectivity index (χ2v) is 5.58. The summed E-state index contributed by atoms with van der Waals surface area (Å²) in [5.74, 6) is -0.777. The van der Waals surface area contributed by atoms with Crippen LogP contribution in [0.3, 0.4) is 0 Å². The Labute approximate surface area is 141 Å². The number of nitrogens with zero attached hydrogens (tertiary/aromatic N) is 1. The van der Waals surface area contributed by atoms with Crippen molar-refractivity contribution in [1.82, 2.24) is 0 Å². The number of rotatable bonds is 5. The van der Waals surface area contributed by atoms with Crippen molar-refractivity contribution in [1.29, 1.82) is 0 Å². The van der Waals surface area contributed by atoms with Crippen molar-refractivity contribution < 1.29 is 19.2 Å². The predicted molar refractivity (Wildman–Crippen MR) is 87.6 cm³/mol. The lowest BCUT2D eigenvalue weighted by atomic mass is 10.1. The highest BCUT2D eigenvalue weighted by atomic mass is 79.9. The van der Waals surface area contributed by atoms with Gasteiger partial charge in [0.25, 0.3) is 0 Å². The van der Waals surface area contributed by atoms with Crippen LogP contribution >= 0.6 is 15.9 Å². The fourth-order valence-corrected chi connectivity index (χ4v) is 2.49. The Hall–Kier alpha value is -2.41. The number of carbonyl (C=O) groups is 1. The molecular formula is C16H14BrNO5. The summed E-state index contributed by atoms with van der Waals surface area (Å²) >= 11 is 3.23. The molecule has 0 bridgehead atoms. The van der Waals surface area contributed by atoms with E-state index in [1.54, 1.807) is 6.92 Å². The van der Waals surface area contributed by atoms with Crippen molar-refractivity contribution >= 4 is 27.6 Å². The Morgan fingerprint density at radius 2 is 1.96 bits per heavy atom. The zero-order valence-corrected chi connectivity index (χ0v) is 14.1. The summed E-state index contributed by atoms with van der Waals surface area (Å²) in [5.41, 5.74) is 1.10. The van der Waals surface area contributed by atoms with Crippen LogP contribution in [0.4, 0.5) is 5.69 Å². The summed E-state index contributed by atoms with van der Waals surface area (Å²) in [7, 11) is 1.22. The van der Waals surface area contributed by atoms with E-state index >= 15 is 0 Å². The third kappa shape index (κ3) is 3.68. The van der Waals surface area contributed by atoms with E-state index in [1.165, 1.54) is 13.2 Å². The largest absolute Gasteiger partial charge is 0.481 e. The van der Waals surface area contributed by atoms with Gasteiger partial charge in [0.1, 0.15) is 12.2 Å². The molecule has 0 radical (unpaired) electrons. The third-order valence-electron chi connectivity index (χ3n) is 3.27. The van der Waals surface area contributed by atoms with E-state index in [4.69, 9.17) is 9.47 Å². The molecule has 2 aromatic carbocycles. The molecule has 0 atom stereocenters. The van der Waals surface area contributed by atoms with Gasteiger partial charge in [-0.25, -0.2) is 4.79 Å². The van der Waals surface area contributed by atoms with Crippen LogP contribution in [-0.4, -0.2) is 18.0 Å². The van der Waals surface area contributed by atoms with Crippen LogP contribution in [0.2, 0.25) is 0 Å². The molecule has 0 aromatic heterocycles. The van der Waals surface area contributed by atoms with Gasteiger partial charge < -0.3 is 9.47 Å². The summed E-state index contributed by atoms with van der Waals surface area (Å²) in [6.45, 7) is 1.77. The molecule has 0 aliphatic rings. The van der Waals surface area contributed by atoms with Gasteiger partial charge in [-0.3, -0.25) is 10.1 Å². The topological polar surface area (TPSA) is 78.7 Å². The maximum absolute atomic E-state index is 12.0. The first-order valence-electron chi connectivity index (χ1n) is 6.68. The number of esters is 1. The lowest BCUT2D eigenvalue weighted by Gasteiger charge is -2.14. The van der Waals surface area contributed by atoms with Crippen molar-refractivity contribution in [2.24, 2.45) is 0 Å². The summed E-state index contributed by atoms with van der Waals surface area (Å²) < 4.78 is 10.8. The molecule has 0 aliphatic heterocycles. The number of nitro groups is 1. The van der Waals surface area contributed by atoms with E-state index in [9.17, 15) is 14.9 Å². The molecule has 120 valence electrons. The van der Waals surface area contributed by atoms with Crippen molar-refractivity contribution in [3.8, 4) is 5.75 Å². The number of hydrogen-bond acceptors (Lipinski definition) is 5. The Morgan fingerprint density at radius 3 is 2.52 bits per heavy atom. The van der Waals surface area contributed by atoms with Crippen molar-refractivity contribution in [2.45, 2.75) is 13.5 Å². The van der Waals surface area contributed by atoms with E-state index in [1.807, 2.05) is 30.3 Å². The number of nitro benzene ring substituents is 1. The summed E-state index contributed by atoms with van der Waals surface area (Å²) in [6.07, 6.45) is 0. The molecule has 0 amide bonds. The summed E-state index contributed by atoms with van der Waals surface area (Å²) in [6, 6.07) is 10.5. The number of halogens is 1. The van der Waals surface area contributed by atoms with E-state index in [-0.39, 0.29) is 23.6 Å². The minimum absolute atomic E-state index is 0.0458. The number of carbonyl (C=O) groups excluding carboxylic acids is 1. The fraction of sp³-hybridized carbons (Fsp3) is 0.188. The molecule has 2 aromatic rings. The van der Waals surface area contributed by atoms with Crippen LogP contribution < -0.4 is 4.74 Å². The minimum Gasteiger partial charge on any atom is -0.481 e. The summed E-state index contributed by atoms with van der Waals surface area (Å²) in [5, 5.41) is 11.3. The van der Waals surface area contributed by atoms with Gasteiger partial charge in [-0.2, -0.15) is 0 Å². The molecule has 0 heterocycles. The van der Waals surface area contributed by atoms with Gasteiger partial charge in [0.2, 0.25) is 5.75 Å². The van der Waals surface area contributed by atoms with Gasteiger partial charge in [-0.15, -0.1) is 0 Å². The van der Waals surface area contributed by atoms with Crippen LogP contribution in [-0.2, 0) is 11.3 Å².